The van der Waals surface area contributed by atoms with Crippen LogP contribution < -0.4 is 9.88 Å². The van der Waals surface area contributed by atoms with Crippen molar-refractivity contribution in [1.82, 2.24) is 0 Å². The molecule has 0 radical (unpaired) electrons. The van der Waals surface area contributed by atoms with Crippen molar-refractivity contribution in [2.24, 2.45) is 0 Å². The number of hydrogen-bond donors (Lipinski definition) is 1. The maximum Gasteiger partial charge on any atom is 0.210 e. The summed E-state index contributed by atoms with van der Waals surface area (Å²) in [6.45, 7) is 4.21. The summed E-state index contributed by atoms with van der Waals surface area (Å²) in [5, 5.41) is 3.33. The number of aromatic nitrogens is 1. The fraction of sp³-hybridized carbons (Fsp3) is 0.115. The molecular weight excluding hydrogens is 340 g/mol. The summed E-state index contributed by atoms with van der Waals surface area (Å²) in [6, 6.07) is 22.6. The van der Waals surface area contributed by atoms with E-state index in [1.165, 1.54) is 5.56 Å². The fourth-order valence-corrected chi connectivity index (χ4v) is 2.76. The maximum atomic E-state index is 3.33. The molecule has 2 heteroatoms. The summed E-state index contributed by atoms with van der Waals surface area (Å²) >= 11 is 0. The van der Waals surface area contributed by atoms with Crippen LogP contribution in [0.4, 0.5) is 5.69 Å². The van der Waals surface area contributed by atoms with Crippen molar-refractivity contribution in [1.29, 1.82) is 0 Å². The van der Waals surface area contributed by atoms with Gasteiger partial charge in [-0.05, 0) is 31.1 Å². The van der Waals surface area contributed by atoms with Crippen LogP contribution in [0.2, 0.25) is 0 Å². The Morgan fingerprint density at radius 2 is 1.68 bits per heavy atom. The third-order valence-electron chi connectivity index (χ3n) is 4.31. The second kappa shape index (κ2) is 9.94. The summed E-state index contributed by atoms with van der Waals surface area (Å²) in [5.74, 6) is 6.53. The number of nitrogens with one attached hydrogen (secondary N) is 1. The minimum atomic E-state index is 0.946. The molecule has 0 aliphatic heterocycles. The maximum absolute atomic E-state index is 3.33. The molecule has 0 aliphatic carbocycles. The van der Waals surface area contributed by atoms with Gasteiger partial charge in [-0.1, -0.05) is 61.2 Å². The van der Waals surface area contributed by atoms with Gasteiger partial charge >= 0.3 is 0 Å². The molecule has 2 aromatic carbocycles. The van der Waals surface area contributed by atoms with Crippen LogP contribution in [0, 0.1) is 18.8 Å². The topological polar surface area (TPSA) is 15.9 Å². The minimum Gasteiger partial charge on any atom is -0.361 e. The van der Waals surface area contributed by atoms with Crippen molar-refractivity contribution in [2.45, 2.75) is 20.3 Å². The predicted octanol–water partition coefficient (Wildman–Crippen LogP) is 5.59. The van der Waals surface area contributed by atoms with E-state index in [2.05, 4.69) is 65.9 Å². The summed E-state index contributed by atoms with van der Waals surface area (Å²) in [7, 11) is 0. The Labute approximate surface area is 167 Å². The number of para-hydroxylation sites is 2. The molecule has 0 spiro atoms. The largest absolute Gasteiger partial charge is 0.361 e. The summed E-state index contributed by atoms with van der Waals surface area (Å²) in [4.78, 5) is 0. The van der Waals surface area contributed by atoms with Gasteiger partial charge in [0.25, 0.3) is 0 Å². The van der Waals surface area contributed by atoms with Gasteiger partial charge < -0.3 is 5.32 Å². The Balaban J connectivity index is 1.70. The molecule has 0 aliphatic rings. The Bertz CT molecular complexity index is 1020. The molecule has 0 saturated heterocycles. The average Bonchev–Trinajstić information content (AvgIpc) is 2.74. The van der Waals surface area contributed by atoms with E-state index in [-0.39, 0.29) is 0 Å². The van der Waals surface area contributed by atoms with Crippen LogP contribution in [0.1, 0.15) is 24.5 Å². The van der Waals surface area contributed by atoms with Crippen molar-refractivity contribution in [3.63, 3.8) is 0 Å². The van der Waals surface area contributed by atoms with Crippen LogP contribution in [0.3, 0.4) is 0 Å². The van der Waals surface area contributed by atoms with Gasteiger partial charge in [-0.3, -0.25) is 0 Å². The van der Waals surface area contributed by atoms with Crippen LogP contribution in [-0.4, -0.2) is 0 Å². The third-order valence-corrected chi connectivity index (χ3v) is 4.31. The first-order valence-corrected chi connectivity index (χ1v) is 9.54. The highest BCUT2D eigenvalue weighted by Gasteiger charge is 2.02. The summed E-state index contributed by atoms with van der Waals surface area (Å²) in [5.41, 5.74) is 5.46. The molecule has 138 valence electrons. The third kappa shape index (κ3) is 5.46. The molecule has 1 N–H and O–H groups in total. The molecular formula is C26H25N2+. The molecule has 0 bridgehead atoms. The number of aryl methyl sites for hydroxylation is 1. The lowest BCUT2D eigenvalue weighted by Crippen LogP contribution is -2.28. The fourth-order valence-electron chi connectivity index (χ4n) is 2.76. The van der Waals surface area contributed by atoms with Gasteiger partial charge in [0.15, 0.2) is 12.4 Å². The van der Waals surface area contributed by atoms with Crippen LogP contribution >= 0.6 is 0 Å². The molecule has 2 nitrogen and oxygen atoms in total. The van der Waals surface area contributed by atoms with Gasteiger partial charge in [-0.15, -0.1) is 0 Å². The van der Waals surface area contributed by atoms with E-state index in [4.69, 9.17) is 0 Å². The van der Waals surface area contributed by atoms with Crippen molar-refractivity contribution in [2.75, 3.05) is 5.32 Å². The van der Waals surface area contributed by atoms with E-state index < -0.39 is 0 Å². The van der Waals surface area contributed by atoms with Crippen molar-refractivity contribution >= 4 is 5.69 Å². The van der Waals surface area contributed by atoms with Gasteiger partial charge in [-0.2, -0.15) is 4.57 Å². The van der Waals surface area contributed by atoms with Crippen LogP contribution in [0.15, 0.2) is 103 Å². The zero-order valence-electron chi connectivity index (χ0n) is 16.4. The smallest absolute Gasteiger partial charge is 0.210 e. The predicted molar refractivity (Wildman–Crippen MR) is 117 cm³/mol. The van der Waals surface area contributed by atoms with E-state index >= 15 is 0 Å². The quantitative estimate of drug-likeness (QED) is 0.354. The van der Waals surface area contributed by atoms with E-state index in [0.29, 0.717) is 0 Å². The highest BCUT2D eigenvalue weighted by Crippen LogP contribution is 2.13. The number of hydrogen-bond acceptors (Lipinski definition) is 1. The number of nitrogens with zero attached hydrogens (tertiary/aromatic N) is 1. The first kappa shape index (κ1) is 19.2. The molecule has 0 amide bonds. The molecule has 3 rings (SSSR count). The molecule has 1 aromatic heterocycles. The normalized spacial score (nSPS) is 11.1. The van der Waals surface area contributed by atoms with Crippen LogP contribution in [0.5, 0.6) is 0 Å². The molecule has 0 saturated carbocycles. The van der Waals surface area contributed by atoms with Crippen LogP contribution in [-0.2, 0) is 0 Å². The van der Waals surface area contributed by atoms with Gasteiger partial charge in [0.05, 0.1) is 0 Å². The number of allylic oxidation sites excluding steroid dienone is 3. The molecule has 3 aromatic rings. The highest BCUT2D eigenvalue weighted by molar-refractivity contribution is 5.53. The standard InChI is InChI=1S/C26H25N2/c1-3-9-23(16-19-27-26-13-8-7-10-22(26)2)14-15-24-17-20-28(21-18-24)25-11-5-4-6-12-25/h4-13,16-21,27H,3H2,1-2H3/q+1/b19-16-,23-9-. The second-order valence-corrected chi connectivity index (χ2v) is 6.44. The molecule has 1 heterocycles. The lowest BCUT2D eigenvalue weighted by Gasteiger charge is -2.03. The Morgan fingerprint density at radius 3 is 2.39 bits per heavy atom. The molecule has 0 fully saturated rings. The Morgan fingerprint density at radius 1 is 0.964 bits per heavy atom. The zero-order valence-corrected chi connectivity index (χ0v) is 16.4. The lowest BCUT2D eigenvalue weighted by atomic mass is 10.2. The summed E-state index contributed by atoms with van der Waals surface area (Å²) < 4.78 is 2.08. The molecule has 0 atom stereocenters. The van der Waals surface area contributed by atoms with Crippen molar-refractivity contribution in [3.8, 4) is 17.5 Å². The first-order valence-electron chi connectivity index (χ1n) is 9.54. The average molecular weight is 366 g/mol. The first-order chi connectivity index (χ1) is 13.8. The lowest BCUT2D eigenvalue weighted by molar-refractivity contribution is -0.595. The zero-order chi connectivity index (χ0) is 19.6. The number of pyridine rings is 1. The SMILES string of the molecule is CC/C=C(C#Cc1cc[n+](-c2ccccc2)cc1)\C=C/Nc1ccccc1C. The van der Waals surface area contributed by atoms with E-state index in [9.17, 15) is 0 Å². The minimum absolute atomic E-state index is 0.946. The van der Waals surface area contributed by atoms with Crippen molar-refractivity contribution < 1.29 is 4.57 Å². The Kier molecular flexibility index (Phi) is 6.82. The van der Waals surface area contributed by atoms with Gasteiger partial charge in [0.1, 0.15) is 0 Å². The number of rotatable bonds is 5. The van der Waals surface area contributed by atoms with E-state index in [1.807, 2.05) is 67.1 Å². The number of anilines is 1. The second-order valence-electron chi connectivity index (χ2n) is 6.44. The van der Waals surface area contributed by atoms with E-state index in [0.717, 1.165) is 28.9 Å². The van der Waals surface area contributed by atoms with Crippen molar-refractivity contribution in [3.05, 3.63) is 114 Å². The molecule has 28 heavy (non-hydrogen) atoms. The summed E-state index contributed by atoms with van der Waals surface area (Å²) in [6.07, 6.45) is 11.1. The van der Waals surface area contributed by atoms with Gasteiger partial charge in [0.2, 0.25) is 5.69 Å². The number of benzene rings is 2. The van der Waals surface area contributed by atoms with Gasteiger partial charge in [-0.25, -0.2) is 0 Å². The van der Waals surface area contributed by atoms with E-state index in [1.54, 1.807) is 0 Å². The van der Waals surface area contributed by atoms with Gasteiger partial charge in [0, 0.05) is 47.3 Å². The van der Waals surface area contributed by atoms with Crippen LogP contribution in [0.25, 0.3) is 5.69 Å². The molecule has 0 unspecified atom stereocenters. The highest BCUT2D eigenvalue weighted by atomic mass is 14.9. The monoisotopic (exact) mass is 365 g/mol. The Hall–Kier alpha value is -3.57.